The first-order valence-electron chi connectivity index (χ1n) is 12.2. The lowest BCUT2D eigenvalue weighted by molar-refractivity contribution is 0.215. The van der Waals surface area contributed by atoms with Crippen LogP contribution in [0.3, 0.4) is 0 Å². The summed E-state index contributed by atoms with van der Waals surface area (Å²) in [6.07, 6.45) is 5.48. The maximum Gasteiger partial charge on any atom is 0.269 e. The minimum atomic E-state index is -1.46. The fourth-order valence-corrected chi connectivity index (χ4v) is 5.36. The molecule has 6 heteroatoms. The lowest BCUT2D eigenvalue weighted by Crippen LogP contribution is -2.18. The van der Waals surface area contributed by atoms with Crippen molar-refractivity contribution >= 4 is 17.3 Å². The third kappa shape index (κ3) is 6.30. The Morgan fingerprint density at radius 1 is 1.09 bits per heavy atom. The number of aromatic nitrogens is 2. The van der Waals surface area contributed by atoms with Crippen molar-refractivity contribution in [2.45, 2.75) is 64.7 Å². The lowest BCUT2D eigenvalue weighted by Gasteiger charge is -2.20. The van der Waals surface area contributed by atoms with E-state index in [0.29, 0.717) is 30.3 Å². The molecule has 4 rings (SSSR count). The second kappa shape index (κ2) is 11.2. The normalized spacial score (nSPS) is 18.6. The number of fused-ring (bicyclic) bond motifs is 4. The van der Waals surface area contributed by atoms with Crippen LogP contribution < -0.4 is 9.46 Å². The molecular weight excluding hydrogens is 442 g/mol. The van der Waals surface area contributed by atoms with Gasteiger partial charge in [0.25, 0.3) is 5.95 Å². The van der Waals surface area contributed by atoms with Gasteiger partial charge in [-0.15, -0.1) is 0 Å². The van der Waals surface area contributed by atoms with Crippen LogP contribution in [0, 0.1) is 25.7 Å². The molecule has 2 heterocycles. The quantitative estimate of drug-likeness (QED) is 0.425. The van der Waals surface area contributed by atoms with E-state index in [1.54, 1.807) is 0 Å². The predicted octanol–water partition coefficient (Wildman–Crippen LogP) is 6.66. The fraction of sp³-hybridized carbons (Fsp3) is 0.429. The van der Waals surface area contributed by atoms with E-state index in [-0.39, 0.29) is 0 Å². The number of anilines is 1. The van der Waals surface area contributed by atoms with Gasteiger partial charge in [-0.2, -0.15) is 9.71 Å². The molecule has 5 nitrogen and oxygen atoms in total. The first kappa shape index (κ1) is 24.6. The predicted molar refractivity (Wildman–Crippen MR) is 139 cm³/mol. The molecule has 2 atom stereocenters. The molecule has 0 aliphatic carbocycles. The van der Waals surface area contributed by atoms with E-state index in [1.165, 1.54) is 12.0 Å². The molecule has 180 valence electrons. The second-order valence-electron chi connectivity index (χ2n) is 9.74. The zero-order valence-electron chi connectivity index (χ0n) is 20.6. The van der Waals surface area contributed by atoms with Crippen molar-refractivity contribution in [3.8, 4) is 17.1 Å². The molecule has 34 heavy (non-hydrogen) atoms. The second-order valence-corrected chi connectivity index (χ2v) is 11.0. The van der Waals surface area contributed by atoms with Gasteiger partial charge >= 0.3 is 0 Å². The highest BCUT2D eigenvalue weighted by molar-refractivity contribution is 7.92. The molecule has 0 saturated heterocycles. The van der Waals surface area contributed by atoms with Crippen molar-refractivity contribution in [1.82, 2.24) is 9.97 Å². The highest BCUT2D eigenvalue weighted by Crippen LogP contribution is 2.30. The maximum absolute atomic E-state index is 13.1. The summed E-state index contributed by atoms with van der Waals surface area (Å²) in [7, 11) is 0. The summed E-state index contributed by atoms with van der Waals surface area (Å²) >= 11 is -1.46. The number of nitrogens with one attached hydrogen (secondary N) is 1. The summed E-state index contributed by atoms with van der Waals surface area (Å²) in [6.45, 7) is 9.33. The zero-order chi connectivity index (χ0) is 24.1. The van der Waals surface area contributed by atoms with E-state index in [2.05, 4.69) is 55.6 Å². The van der Waals surface area contributed by atoms with Crippen LogP contribution in [0.2, 0.25) is 0 Å². The number of benzene rings is 2. The molecule has 1 aliphatic rings. The topological polar surface area (TPSA) is 70.1 Å². The van der Waals surface area contributed by atoms with Gasteiger partial charge in [0.05, 0.1) is 12.3 Å². The van der Waals surface area contributed by atoms with Gasteiger partial charge in [-0.05, 0) is 80.2 Å². The maximum atomic E-state index is 13.1. The molecule has 0 fully saturated rings. The molecule has 1 aliphatic heterocycles. The molecule has 0 radical (unpaired) electrons. The Labute approximate surface area is 206 Å². The van der Waals surface area contributed by atoms with Crippen LogP contribution in [0.1, 0.15) is 56.2 Å². The Balaban J connectivity index is 1.72. The fourth-order valence-electron chi connectivity index (χ4n) is 4.53. The summed E-state index contributed by atoms with van der Waals surface area (Å²) in [5, 5.41) is 0. The molecule has 1 unspecified atom stereocenters. The van der Waals surface area contributed by atoms with Gasteiger partial charge in [-0.3, -0.25) is 0 Å². The van der Waals surface area contributed by atoms with Crippen LogP contribution in [0.15, 0.2) is 53.4 Å². The lowest BCUT2D eigenvalue weighted by atomic mass is 9.93. The molecular formula is C28H35N3O2S. The summed E-state index contributed by atoms with van der Waals surface area (Å²) in [6, 6.07) is 16.1. The van der Waals surface area contributed by atoms with Gasteiger partial charge in [0.1, 0.15) is 11.4 Å². The van der Waals surface area contributed by atoms with E-state index >= 15 is 0 Å². The Bertz CT molecular complexity index is 1100. The SMILES string of the molecule is Cc1cccc(C)c1-c1cc2nc(n1)N[S+]([O-])c1cccc(c1)CCC[C@H](CCC(C)C)CO2. The third-order valence-corrected chi connectivity index (χ3v) is 7.48. The number of hydrogen-bond acceptors (Lipinski definition) is 5. The molecule has 4 bridgehead atoms. The molecule has 0 spiro atoms. The largest absolute Gasteiger partial charge is 0.588 e. The Kier molecular flexibility index (Phi) is 8.11. The first-order chi connectivity index (χ1) is 16.4. The number of aryl methyl sites for hydroxylation is 3. The van der Waals surface area contributed by atoms with E-state index < -0.39 is 11.4 Å². The highest BCUT2D eigenvalue weighted by atomic mass is 32.2. The van der Waals surface area contributed by atoms with Gasteiger partial charge in [-0.1, -0.05) is 50.6 Å². The zero-order valence-corrected chi connectivity index (χ0v) is 21.5. The molecule has 1 N–H and O–H groups in total. The number of hydrogen-bond donors (Lipinski definition) is 1. The summed E-state index contributed by atoms with van der Waals surface area (Å²) in [5.74, 6) is 1.98. The molecule has 1 aromatic heterocycles. The van der Waals surface area contributed by atoms with Crippen LogP contribution in [-0.4, -0.2) is 21.1 Å². The standard InChI is InChI=1S/C28H35N3O2S/c1-19(2)14-15-23-12-6-10-22-11-7-13-24(16-22)34(32)31-28-29-25(17-26(30-28)33-18-23)27-20(3)8-5-9-21(27)4/h5,7-9,11,13,16-17,19,23H,6,10,12,14-15,18H2,1-4H3,(H,29,30,31)/t23-,34?/m1/s1. The van der Waals surface area contributed by atoms with Crippen LogP contribution in [0.25, 0.3) is 11.3 Å². The van der Waals surface area contributed by atoms with E-state index in [1.807, 2.05) is 30.3 Å². The first-order valence-corrected chi connectivity index (χ1v) is 13.4. The Hall–Kier alpha value is -2.57. The van der Waals surface area contributed by atoms with Gasteiger partial charge in [0.15, 0.2) is 4.90 Å². The van der Waals surface area contributed by atoms with Gasteiger partial charge in [-0.25, -0.2) is 4.98 Å². The molecule has 0 saturated carbocycles. The summed E-state index contributed by atoms with van der Waals surface area (Å²) in [4.78, 5) is 10.1. The Morgan fingerprint density at radius 3 is 2.62 bits per heavy atom. The molecule has 2 aromatic carbocycles. The Morgan fingerprint density at radius 2 is 1.85 bits per heavy atom. The van der Waals surface area contributed by atoms with Gasteiger partial charge in [0, 0.05) is 11.6 Å². The summed E-state index contributed by atoms with van der Waals surface area (Å²) in [5.41, 5.74) is 5.31. The number of rotatable bonds is 4. The smallest absolute Gasteiger partial charge is 0.269 e. The van der Waals surface area contributed by atoms with Crippen LogP contribution in [0.5, 0.6) is 5.88 Å². The van der Waals surface area contributed by atoms with Crippen LogP contribution in [0.4, 0.5) is 5.95 Å². The molecule has 3 aromatic rings. The van der Waals surface area contributed by atoms with Crippen molar-refractivity contribution in [1.29, 1.82) is 0 Å². The van der Waals surface area contributed by atoms with E-state index in [4.69, 9.17) is 9.72 Å². The van der Waals surface area contributed by atoms with E-state index in [0.717, 1.165) is 53.0 Å². The average molecular weight is 478 g/mol. The minimum absolute atomic E-state index is 0.315. The van der Waals surface area contributed by atoms with Crippen LogP contribution in [-0.2, 0) is 17.8 Å². The monoisotopic (exact) mass is 477 g/mol. The van der Waals surface area contributed by atoms with Crippen LogP contribution >= 0.6 is 0 Å². The average Bonchev–Trinajstić information content (AvgIpc) is 2.80. The van der Waals surface area contributed by atoms with Crippen molar-refractivity contribution in [2.75, 3.05) is 11.3 Å². The van der Waals surface area contributed by atoms with Gasteiger partial charge < -0.3 is 9.29 Å². The summed E-state index contributed by atoms with van der Waals surface area (Å²) < 4.78 is 22.4. The highest BCUT2D eigenvalue weighted by Gasteiger charge is 2.20. The third-order valence-electron chi connectivity index (χ3n) is 6.43. The van der Waals surface area contributed by atoms with Gasteiger partial charge in [0.2, 0.25) is 5.88 Å². The van der Waals surface area contributed by atoms with Crippen molar-refractivity contribution in [3.05, 3.63) is 65.2 Å². The minimum Gasteiger partial charge on any atom is -0.588 e. The number of ether oxygens (including phenoxy) is 1. The molecule has 0 amide bonds. The van der Waals surface area contributed by atoms with Crippen molar-refractivity contribution < 1.29 is 9.29 Å². The van der Waals surface area contributed by atoms with Crippen molar-refractivity contribution in [2.24, 2.45) is 11.8 Å². The van der Waals surface area contributed by atoms with E-state index in [9.17, 15) is 4.55 Å². The van der Waals surface area contributed by atoms with Crippen molar-refractivity contribution in [3.63, 3.8) is 0 Å². The number of nitrogens with zero attached hydrogens (tertiary/aromatic N) is 2.